The molecular weight excluding hydrogens is 354 g/mol. The minimum absolute atomic E-state index is 0.0898. The largest absolute Gasteiger partial charge is 0.379 e. The number of carbonyl (C=O) groups excluding carboxylic acids is 1. The summed E-state index contributed by atoms with van der Waals surface area (Å²) in [7, 11) is 0. The van der Waals surface area contributed by atoms with Crippen LogP contribution in [0.5, 0.6) is 0 Å². The first-order valence-electron chi connectivity index (χ1n) is 8.48. The molecule has 1 amide bonds. The van der Waals surface area contributed by atoms with Gasteiger partial charge in [-0.15, -0.1) is 11.3 Å². The standard InChI is InChI=1S/C18H19N3O4S/c22-18(7-15-13-3-1-2-4-16(13)25-21-15)20-14-5-6-23-9-17(14)24-8-12-10-26-11-19-12/h1-4,10-11,14,17H,5-9H2,(H,20,22)/t14-,17-/m1/s1. The predicted octanol–water partition coefficient (Wildman–Crippen LogP) is 2.32. The van der Waals surface area contributed by atoms with Crippen LogP contribution in [0.4, 0.5) is 0 Å². The summed E-state index contributed by atoms with van der Waals surface area (Å²) in [5.74, 6) is -0.0989. The molecule has 0 radical (unpaired) electrons. The van der Waals surface area contributed by atoms with Crippen LogP contribution in [0.3, 0.4) is 0 Å². The van der Waals surface area contributed by atoms with Crippen LogP contribution in [0.2, 0.25) is 0 Å². The van der Waals surface area contributed by atoms with Crippen molar-refractivity contribution in [3.63, 3.8) is 0 Å². The Hall–Kier alpha value is -2.29. The zero-order chi connectivity index (χ0) is 17.8. The van der Waals surface area contributed by atoms with Crippen LogP contribution in [0.1, 0.15) is 17.8 Å². The van der Waals surface area contributed by atoms with Gasteiger partial charge in [0.25, 0.3) is 0 Å². The van der Waals surface area contributed by atoms with Crippen molar-refractivity contribution in [2.45, 2.75) is 31.6 Å². The van der Waals surface area contributed by atoms with Gasteiger partial charge in [0.2, 0.25) is 5.91 Å². The Kier molecular flexibility index (Phi) is 5.24. The number of ether oxygens (including phenoxy) is 2. The Morgan fingerprint density at radius 2 is 2.31 bits per heavy atom. The molecule has 3 aromatic rings. The van der Waals surface area contributed by atoms with Gasteiger partial charge in [-0.3, -0.25) is 4.79 Å². The summed E-state index contributed by atoms with van der Waals surface area (Å²) in [6, 6.07) is 7.44. The second-order valence-electron chi connectivity index (χ2n) is 6.17. The van der Waals surface area contributed by atoms with E-state index >= 15 is 0 Å². The fraction of sp³-hybridized carbons (Fsp3) is 0.389. The average molecular weight is 373 g/mol. The Bertz CT molecular complexity index is 864. The molecule has 0 bridgehead atoms. The molecule has 8 heteroatoms. The molecular formula is C18H19N3O4S. The molecule has 2 atom stereocenters. The molecule has 1 aromatic carbocycles. The van der Waals surface area contributed by atoms with E-state index in [0.717, 1.165) is 11.1 Å². The first kappa shape index (κ1) is 17.1. The van der Waals surface area contributed by atoms with E-state index in [1.54, 1.807) is 5.51 Å². The molecule has 7 nitrogen and oxygen atoms in total. The van der Waals surface area contributed by atoms with E-state index in [9.17, 15) is 4.79 Å². The molecule has 0 spiro atoms. The number of benzene rings is 1. The second kappa shape index (κ2) is 7.94. The minimum atomic E-state index is -0.191. The lowest BCUT2D eigenvalue weighted by Crippen LogP contribution is -2.50. The lowest BCUT2D eigenvalue weighted by molar-refractivity contribution is -0.126. The fourth-order valence-electron chi connectivity index (χ4n) is 3.02. The van der Waals surface area contributed by atoms with E-state index in [2.05, 4.69) is 15.5 Å². The van der Waals surface area contributed by atoms with Crippen LogP contribution in [-0.2, 0) is 27.3 Å². The third-order valence-corrected chi connectivity index (χ3v) is 4.99. The Morgan fingerprint density at radius 1 is 1.38 bits per heavy atom. The van der Waals surface area contributed by atoms with Crippen LogP contribution >= 0.6 is 11.3 Å². The van der Waals surface area contributed by atoms with Crippen molar-refractivity contribution in [1.29, 1.82) is 0 Å². The maximum Gasteiger partial charge on any atom is 0.226 e. The number of rotatable bonds is 6. The van der Waals surface area contributed by atoms with E-state index < -0.39 is 0 Å². The van der Waals surface area contributed by atoms with Crippen LogP contribution in [-0.4, -0.2) is 41.4 Å². The number of nitrogens with one attached hydrogen (secondary N) is 1. The molecule has 1 N–H and O–H groups in total. The van der Waals surface area contributed by atoms with Gasteiger partial charge in [0.15, 0.2) is 5.58 Å². The van der Waals surface area contributed by atoms with Crippen molar-refractivity contribution in [3.05, 3.63) is 46.5 Å². The molecule has 136 valence electrons. The Morgan fingerprint density at radius 3 is 3.19 bits per heavy atom. The maximum atomic E-state index is 12.5. The van der Waals surface area contributed by atoms with Gasteiger partial charge < -0.3 is 19.3 Å². The molecule has 0 unspecified atom stereocenters. The number of carbonyl (C=O) groups is 1. The van der Waals surface area contributed by atoms with Gasteiger partial charge in [-0.1, -0.05) is 17.3 Å². The van der Waals surface area contributed by atoms with Crippen molar-refractivity contribution in [2.75, 3.05) is 13.2 Å². The number of thiazole rings is 1. The van der Waals surface area contributed by atoms with Crippen LogP contribution in [0.15, 0.2) is 39.7 Å². The number of hydrogen-bond acceptors (Lipinski definition) is 7. The number of amides is 1. The third-order valence-electron chi connectivity index (χ3n) is 4.36. The van der Waals surface area contributed by atoms with Crippen molar-refractivity contribution >= 4 is 28.2 Å². The molecule has 26 heavy (non-hydrogen) atoms. The fourth-order valence-corrected chi connectivity index (χ4v) is 3.56. The van der Waals surface area contributed by atoms with Gasteiger partial charge in [0.05, 0.1) is 36.9 Å². The number of para-hydroxylation sites is 1. The summed E-state index contributed by atoms with van der Waals surface area (Å²) in [5, 5.41) is 9.90. The van der Waals surface area contributed by atoms with Gasteiger partial charge >= 0.3 is 0 Å². The van der Waals surface area contributed by atoms with Gasteiger partial charge in [0, 0.05) is 17.4 Å². The van der Waals surface area contributed by atoms with Crippen LogP contribution in [0.25, 0.3) is 11.0 Å². The molecule has 3 heterocycles. The summed E-state index contributed by atoms with van der Waals surface area (Å²) in [5.41, 5.74) is 3.99. The third kappa shape index (κ3) is 3.92. The highest BCUT2D eigenvalue weighted by Crippen LogP contribution is 2.19. The van der Waals surface area contributed by atoms with E-state index in [0.29, 0.717) is 37.5 Å². The summed E-state index contributed by atoms with van der Waals surface area (Å²) in [6.45, 7) is 1.48. The van der Waals surface area contributed by atoms with E-state index in [4.69, 9.17) is 14.0 Å². The molecule has 1 fully saturated rings. The first-order chi connectivity index (χ1) is 12.8. The topological polar surface area (TPSA) is 86.5 Å². The number of fused-ring (bicyclic) bond motifs is 1. The quantitative estimate of drug-likeness (QED) is 0.714. The van der Waals surface area contributed by atoms with Crippen molar-refractivity contribution in [2.24, 2.45) is 0 Å². The number of nitrogens with zero attached hydrogens (tertiary/aromatic N) is 2. The normalized spacial score (nSPS) is 20.3. The average Bonchev–Trinajstić information content (AvgIpc) is 3.31. The van der Waals surface area contributed by atoms with Gasteiger partial charge in [-0.2, -0.15) is 0 Å². The Balaban J connectivity index is 1.37. The lowest BCUT2D eigenvalue weighted by atomic mass is 10.1. The van der Waals surface area contributed by atoms with Gasteiger partial charge in [0.1, 0.15) is 11.8 Å². The smallest absolute Gasteiger partial charge is 0.226 e. The maximum absolute atomic E-state index is 12.5. The SMILES string of the molecule is O=C(Cc1noc2ccccc12)N[C@@H]1CCOC[C@H]1OCc1cscn1. The summed E-state index contributed by atoms with van der Waals surface area (Å²) < 4.78 is 16.7. The predicted molar refractivity (Wildman–Crippen MR) is 95.8 cm³/mol. The van der Waals surface area contributed by atoms with Gasteiger partial charge in [-0.05, 0) is 18.6 Å². The van der Waals surface area contributed by atoms with Crippen molar-refractivity contribution < 1.29 is 18.8 Å². The molecule has 1 aliphatic heterocycles. The highest BCUT2D eigenvalue weighted by atomic mass is 32.1. The summed E-state index contributed by atoms with van der Waals surface area (Å²) >= 11 is 1.53. The monoisotopic (exact) mass is 373 g/mol. The van der Waals surface area contributed by atoms with E-state index in [-0.39, 0.29) is 24.5 Å². The molecule has 0 aliphatic carbocycles. The first-order valence-corrected chi connectivity index (χ1v) is 9.43. The molecule has 4 rings (SSSR count). The lowest BCUT2D eigenvalue weighted by Gasteiger charge is -2.31. The van der Waals surface area contributed by atoms with Gasteiger partial charge in [-0.25, -0.2) is 4.98 Å². The van der Waals surface area contributed by atoms with Crippen LogP contribution < -0.4 is 5.32 Å². The molecule has 1 saturated heterocycles. The number of hydrogen-bond donors (Lipinski definition) is 1. The molecule has 2 aromatic heterocycles. The Labute approximate surface area is 154 Å². The zero-order valence-corrected chi connectivity index (χ0v) is 14.9. The summed E-state index contributed by atoms with van der Waals surface area (Å²) in [4.78, 5) is 16.7. The highest BCUT2D eigenvalue weighted by molar-refractivity contribution is 7.07. The molecule has 1 aliphatic rings. The number of aromatic nitrogens is 2. The van der Waals surface area contributed by atoms with E-state index in [1.165, 1.54) is 11.3 Å². The van der Waals surface area contributed by atoms with E-state index in [1.807, 2.05) is 29.6 Å². The van der Waals surface area contributed by atoms with Crippen LogP contribution in [0, 0.1) is 0 Å². The van der Waals surface area contributed by atoms with Crippen molar-refractivity contribution in [1.82, 2.24) is 15.5 Å². The second-order valence-corrected chi connectivity index (χ2v) is 6.89. The highest BCUT2D eigenvalue weighted by Gasteiger charge is 2.28. The van der Waals surface area contributed by atoms with Crippen molar-refractivity contribution in [3.8, 4) is 0 Å². The zero-order valence-electron chi connectivity index (χ0n) is 14.1. The minimum Gasteiger partial charge on any atom is -0.379 e. The summed E-state index contributed by atoms with van der Waals surface area (Å²) in [6.07, 6.45) is 0.698. The molecule has 0 saturated carbocycles.